The van der Waals surface area contributed by atoms with Gasteiger partial charge in [0.25, 0.3) is 0 Å². The quantitative estimate of drug-likeness (QED) is 0.700. The summed E-state index contributed by atoms with van der Waals surface area (Å²) >= 11 is 0. The molecule has 0 saturated carbocycles. The van der Waals surface area contributed by atoms with Crippen molar-refractivity contribution >= 4 is 5.69 Å². The number of hydrogen-bond acceptors (Lipinski definition) is 1. The molecule has 74 valence electrons. The van der Waals surface area contributed by atoms with E-state index in [1.54, 1.807) is 0 Å². The Bertz CT molecular complexity index is 341. The molecule has 1 unspecified atom stereocenters. The minimum absolute atomic E-state index is 0.586. The second-order valence-electron chi connectivity index (χ2n) is 4.20. The summed E-state index contributed by atoms with van der Waals surface area (Å²) in [6, 6.07) is 9.16. The number of para-hydroxylation sites is 1. The maximum absolute atomic E-state index is 3.97. The first-order chi connectivity index (χ1) is 6.75. The SMILES string of the molecule is C=C(C)CC1CCc2ccccc2N1. The third-order valence-electron chi connectivity index (χ3n) is 2.73. The molecule has 1 N–H and O–H groups in total. The summed E-state index contributed by atoms with van der Waals surface area (Å²) in [5.41, 5.74) is 4.03. The van der Waals surface area contributed by atoms with Crippen LogP contribution in [-0.4, -0.2) is 6.04 Å². The molecular weight excluding hydrogens is 170 g/mol. The lowest BCUT2D eigenvalue weighted by atomic mass is 9.95. The Balaban J connectivity index is 2.09. The fraction of sp³-hybridized carbons (Fsp3) is 0.385. The van der Waals surface area contributed by atoms with Crippen LogP contribution in [0.15, 0.2) is 36.4 Å². The summed E-state index contributed by atoms with van der Waals surface area (Å²) < 4.78 is 0. The average molecular weight is 187 g/mol. The molecule has 0 bridgehead atoms. The van der Waals surface area contributed by atoms with Crippen LogP contribution >= 0.6 is 0 Å². The van der Waals surface area contributed by atoms with Crippen LogP contribution in [0.3, 0.4) is 0 Å². The lowest BCUT2D eigenvalue weighted by Crippen LogP contribution is -2.25. The molecule has 1 heteroatoms. The number of hydrogen-bond donors (Lipinski definition) is 1. The highest BCUT2D eigenvalue weighted by molar-refractivity contribution is 5.53. The molecular formula is C13H17N. The minimum Gasteiger partial charge on any atom is -0.382 e. The molecule has 1 nitrogen and oxygen atoms in total. The third-order valence-corrected chi connectivity index (χ3v) is 2.73. The maximum atomic E-state index is 3.97. The van der Waals surface area contributed by atoms with Gasteiger partial charge in [-0.3, -0.25) is 0 Å². The van der Waals surface area contributed by atoms with Crippen LogP contribution in [0.5, 0.6) is 0 Å². The second kappa shape index (κ2) is 3.87. The maximum Gasteiger partial charge on any atom is 0.0374 e. The molecule has 0 spiro atoms. The van der Waals surface area contributed by atoms with E-state index in [4.69, 9.17) is 0 Å². The van der Waals surface area contributed by atoms with Gasteiger partial charge in [-0.1, -0.05) is 23.8 Å². The van der Waals surface area contributed by atoms with Gasteiger partial charge in [-0.15, -0.1) is 6.58 Å². The van der Waals surface area contributed by atoms with Crippen molar-refractivity contribution in [2.45, 2.75) is 32.2 Å². The smallest absolute Gasteiger partial charge is 0.0374 e. The van der Waals surface area contributed by atoms with Crippen LogP contribution in [0, 0.1) is 0 Å². The number of rotatable bonds is 2. The highest BCUT2D eigenvalue weighted by Gasteiger charge is 2.16. The number of fused-ring (bicyclic) bond motifs is 1. The van der Waals surface area contributed by atoms with E-state index in [9.17, 15) is 0 Å². The van der Waals surface area contributed by atoms with E-state index < -0.39 is 0 Å². The minimum atomic E-state index is 0.586. The first-order valence-electron chi connectivity index (χ1n) is 5.24. The van der Waals surface area contributed by atoms with Crippen LogP contribution in [0.4, 0.5) is 5.69 Å². The fourth-order valence-corrected chi connectivity index (χ4v) is 2.07. The Labute approximate surface area is 85.8 Å². The molecule has 0 aliphatic carbocycles. The van der Waals surface area contributed by atoms with Crippen molar-refractivity contribution in [3.8, 4) is 0 Å². The fourth-order valence-electron chi connectivity index (χ4n) is 2.07. The average Bonchev–Trinajstić information content (AvgIpc) is 2.17. The van der Waals surface area contributed by atoms with Gasteiger partial charge < -0.3 is 5.32 Å². The van der Waals surface area contributed by atoms with Crippen LogP contribution in [-0.2, 0) is 6.42 Å². The molecule has 1 heterocycles. The van der Waals surface area contributed by atoms with E-state index in [2.05, 4.69) is 43.1 Å². The predicted molar refractivity (Wildman–Crippen MR) is 61.6 cm³/mol. The zero-order chi connectivity index (χ0) is 9.97. The van der Waals surface area contributed by atoms with Gasteiger partial charge in [0.2, 0.25) is 0 Å². The van der Waals surface area contributed by atoms with Gasteiger partial charge in [-0.2, -0.15) is 0 Å². The summed E-state index contributed by atoms with van der Waals surface area (Å²) in [7, 11) is 0. The van der Waals surface area contributed by atoms with E-state index in [-0.39, 0.29) is 0 Å². The highest BCUT2D eigenvalue weighted by atomic mass is 14.9. The van der Waals surface area contributed by atoms with Gasteiger partial charge in [0.15, 0.2) is 0 Å². The lowest BCUT2D eigenvalue weighted by molar-refractivity contribution is 0.626. The van der Waals surface area contributed by atoms with Gasteiger partial charge in [-0.25, -0.2) is 0 Å². The Morgan fingerprint density at radius 1 is 1.50 bits per heavy atom. The van der Waals surface area contributed by atoms with E-state index in [1.807, 2.05) is 0 Å². The van der Waals surface area contributed by atoms with Gasteiger partial charge in [0.05, 0.1) is 0 Å². The van der Waals surface area contributed by atoms with Crippen LogP contribution in [0.1, 0.15) is 25.3 Å². The summed E-state index contributed by atoms with van der Waals surface area (Å²) in [6.07, 6.45) is 3.51. The zero-order valence-electron chi connectivity index (χ0n) is 8.72. The summed E-state index contributed by atoms with van der Waals surface area (Å²) in [5.74, 6) is 0. The van der Waals surface area contributed by atoms with Crippen molar-refractivity contribution in [3.05, 3.63) is 42.0 Å². The molecule has 0 fully saturated rings. The zero-order valence-corrected chi connectivity index (χ0v) is 8.72. The monoisotopic (exact) mass is 187 g/mol. The van der Waals surface area contributed by atoms with E-state index in [0.717, 1.165) is 6.42 Å². The topological polar surface area (TPSA) is 12.0 Å². The van der Waals surface area contributed by atoms with E-state index in [1.165, 1.54) is 29.7 Å². The molecule has 0 radical (unpaired) electrons. The first kappa shape index (κ1) is 9.32. The summed E-state index contributed by atoms with van der Waals surface area (Å²) in [4.78, 5) is 0. The van der Waals surface area contributed by atoms with Gasteiger partial charge >= 0.3 is 0 Å². The molecule has 0 saturated heterocycles. The molecule has 2 rings (SSSR count). The molecule has 1 aliphatic heterocycles. The van der Waals surface area contributed by atoms with Crippen molar-refractivity contribution < 1.29 is 0 Å². The molecule has 0 amide bonds. The van der Waals surface area contributed by atoms with Crippen molar-refractivity contribution in [1.82, 2.24) is 0 Å². The van der Waals surface area contributed by atoms with Gasteiger partial charge in [-0.05, 0) is 37.8 Å². The van der Waals surface area contributed by atoms with E-state index in [0.29, 0.717) is 6.04 Å². The third kappa shape index (κ3) is 1.98. The normalized spacial score (nSPS) is 19.6. The Morgan fingerprint density at radius 3 is 3.07 bits per heavy atom. The predicted octanol–water partition coefficient (Wildman–Crippen LogP) is 3.38. The molecule has 1 atom stereocenters. The first-order valence-corrected chi connectivity index (χ1v) is 5.24. The standard InChI is InChI=1S/C13H17N/c1-10(2)9-12-8-7-11-5-3-4-6-13(11)14-12/h3-6,12,14H,1,7-9H2,2H3. The molecule has 14 heavy (non-hydrogen) atoms. The number of benzene rings is 1. The highest BCUT2D eigenvalue weighted by Crippen LogP contribution is 2.26. The van der Waals surface area contributed by atoms with Crippen LogP contribution < -0.4 is 5.32 Å². The van der Waals surface area contributed by atoms with E-state index >= 15 is 0 Å². The summed E-state index contributed by atoms with van der Waals surface area (Å²) in [6.45, 7) is 6.06. The second-order valence-corrected chi connectivity index (χ2v) is 4.20. The van der Waals surface area contributed by atoms with Crippen molar-refractivity contribution in [3.63, 3.8) is 0 Å². The lowest BCUT2D eigenvalue weighted by Gasteiger charge is -2.27. The number of aryl methyl sites for hydroxylation is 1. The van der Waals surface area contributed by atoms with Crippen LogP contribution in [0.2, 0.25) is 0 Å². The molecule has 1 aromatic carbocycles. The molecule has 0 aromatic heterocycles. The largest absolute Gasteiger partial charge is 0.382 e. The van der Waals surface area contributed by atoms with Crippen LogP contribution in [0.25, 0.3) is 0 Å². The number of anilines is 1. The van der Waals surface area contributed by atoms with Gasteiger partial charge in [0.1, 0.15) is 0 Å². The summed E-state index contributed by atoms with van der Waals surface area (Å²) in [5, 5.41) is 3.57. The Morgan fingerprint density at radius 2 is 2.29 bits per heavy atom. The van der Waals surface area contributed by atoms with Gasteiger partial charge in [0, 0.05) is 11.7 Å². The Hall–Kier alpha value is -1.24. The molecule has 1 aromatic rings. The number of nitrogens with one attached hydrogen (secondary N) is 1. The van der Waals surface area contributed by atoms with Crippen molar-refractivity contribution in [2.24, 2.45) is 0 Å². The molecule has 1 aliphatic rings. The van der Waals surface area contributed by atoms with Crippen molar-refractivity contribution in [1.29, 1.82) is 0 Å². The Kier molecular flexibility index (Phi) is 2.58. The van der Waals surface area contributed by atoms with Crippen molar-refractivity contribution in [2.75, 3.05) is 5.32 Å².